The van der Waals surface area contributed by atoms with Gasteiger partial charge in [0.05, 0.1) is 34.2 Å². The SMILES string of the molecule is CC/C=C\C/C=C\C/C=C\C/C=C\C/C=C\CC(=O)OC(COC(=O)CCCCCCCCCCCCCCCCCCC/C=C\C/C=C\CCCCCCC)COP(=O)(O)OCC[N+](C)(C)C. The fourth-order valence-corrected chi connectivity index (χ4v) is 7.98. The van der Waals surface area contributed by atoms with Crippen LogP contribution in [0.5, 0.6) is 0 Å². The minimum Gasteiger partial charge on any atom is -0.462 e. The Hall–Kier alpha value is -2.81. The molecule has 392 valence electrons. The number of carbonyl (C=O) groups excluding carboxylic acids is 2. The van der Waals surface area contributed by atoms with Crippen molar-refractivity contribution in [1.82, 2.24) is 0 Å². The third-order valence-electron chi connectivity index (χ3n) is 11.4. The molecule has 0 bridgehead atoms. The van der Waals surface area contributed by atoms with E-state index < -0.39 is 32.5 Å². The number of unbranched alkanes of at least 4 members (excludes halogenated alkanes) is 22. The van der Waals surface area contributed by atoms with E-state index in [2.05, 4.69) is 80.7 Å². The summed E-state index contributed by atoms with van der Waals surface area (Å²) in [5.41, 5.74) is 0. The molecule has 2 atom stereocenters. The van der Waals surface area contributed by atoms with Crippen molar-refractivity contribution in [3.8, 4) is 0 Å². The number of ether oxygens (including phenoxy) is 2. The highest BCUT2D eigenvalue weighted by molar-refractivity contribution is 7.47. The monoisotopic (exact) mass is 973 g/mol. The first-order chi connectivity index (χ1) is 33.0. The van der Waals surface area contributed by atoms with Gasteiger partial charge in [0.2, 0.25) is 0 Å². The molecule has 0 radical (unpaired) electrons. The second kappa shape index (κ2) is 49.2. The van der Waals surface area contributed by atoms with Gasteiger partial charge in [0.15, 0.2) is 6.10 Å². The first-order valence-electron chi connectivity index (χ1n) is 27.3. The number of phosphoric ester groups is 1. The van der Waals surface area contributed by atoms with Crippen molar-refractivity contribution < 1.29 is 42.1 Å². The highest BCUT2D eigenvalue weighted by Gasteiger charge is 2.27. The Morgan fingerprint density at radius 3 is 1.32 bits per heavy atom. The summed E-state index contributed by atoms with van der Waals surface area (Å²) in [5, 5.41) is 0. The number of phosphoric acid groups is 1. The van der Waals surface area contributed by atoms with Gasteiger partial charge >= 0.3 is 19.8 Å². The highest BCUT2D eigenvalue weighted by Crippen LogP contribution is 2.43. The normalized spacial score (nSPS) is 14.0. The number of nitrogens with zero attached hydrogens (tertiary/aromatic N) is 1. The molecule has 0 aliphatic heterocycles. The standard InChI is InChI=1S/C58H102NO8P/c1-6-8-10-12-14-16-18-20-22-23-24-25-26-27-28-29-30-31-32-33-34-35-37-38-40-42-44-46-48-50-57(60)64-54-56(55-66-68(62,63)65-53-52-59(3,4)5)67-58(61)51-49-47-45-43-41-39-36-21-19-17-15-13-11-9-7-2/h9,11,15,17-18,20-21,23-24,36,41,43,47,49,56H,6-8,10,12-14,16,19,22,25-35,37-40,42,44-46,48,50-55H2,1-5H3/p+1/b11-9-,17-15-,20-18-,24-23-,36-21-,43-41-,49-47-. The van der Waals surface area contributed by atoms with Gasteiger partial charge in [-0.2, -0.15) is 0 Å². The molecule has 2 unspecified atom stereocenters. The summed E-state index contributed by atoms with van der Waals surface area (Å²) < 4.78 is 34.3. The summed E-state index contributed by atoms with van der Waals surface area (Å²) in [7, 11) is 1.42. The maximum Gasteiger partial charge on any atom is 0.472 e. The van der Waals surface area contributed by atoms with Crippen molar-refractivity contribution in [2.24, 2.45) is 0 Å². The molecule has 0 amide bonds. The van der Waals surface area contributed by atoms with Crippen LogP contribution in [0, 0.1) is 0 Å². The smallest absolute Gasteiger partial charge is 0.462 e. The molecule has 0 aromatic heterocycles. The Labute approximate surface area is 418 Å². The molecule has 0 aromatic carbocycles. The van der Waals surface area contributed by atoms with E-state index in [1.54, 1.807) is 6.08 Å². The van der Waals surface area contributed by atoms with Crippen LogP contribution >= 0.6 is 7.82 Å². The summed E-state index contributed by atoms with van der Waals surface area (Å²) in [6, 6.07) is 0. The molecule has 9 nitrogen and oxygen atoms in total. The number of carbonyl (C=O) groups is 2. The van der Waals surface area contributed by atoms with Gasteiger partial charge in [0.25, 0.3) is 0 Å². The van der Waals surface area contributed by atoms with Crippen LogP contribution in [0.15, 0.2) is 85.1 Å². The Morgan fingerprint density at radius 1 is 0.485 bits per heavy atom. The van der Waals surface area contributed by atoms with Gasteiger partial charge in [-0.15, -0.1) is 0 Å². The minimum atomic E-state index is -4.41. The maximum absolute atomic E-state index is 12.7. The third kappa shape index (κ3) is 52.6. The van der Waals surface area contributed by atoms with Crippen LogP contribution in [0.25, 0.3) is 0 Å². The average Bonchev–Trinajstić information content (AvgIpc) is 3.30. The van der Waals surface area contributed by atoms with E-state index in [9.17, 15) is 19.0 Å². The largest absolute Gasteiger partial charge is 0.472 e. The van der Waals surface area contributed by atoms with Gasteiger partial charge in [-0.1, -0.05) is 221 Å². The lowest BCUT2D eigenvalue weighted by Crippen LogP contribution is -2.37. The van der Waals surface area contributed by atoms with Gasteiger partial charge < -0.3 is 18.9 Å². The number of rotatable bonds is 49. The van der Waals surface area contributed by atoms with Crippen LogP contribution in [0.3, 0.4) is 0 Å². The number of likely N-dealkylation sites (N-methyl/N-ethyl adjacent to an activating group) is 1. The molecule has 0 saturated carbocycles. The van der Waals surface area contributed by atoms with E-state index in [1.165, 1.54) is 135 Å². The molecule has 0 aliphatic rings. The molecule has 10 heteroatoms. The fourth-order valence-electron chi connectivity index (χ4n) is 7.24. The van der Waals surface area contributed by atoms with E-state index in [1.807, 2.05) is 33.3 Å². The number of hydrogen-bond acceptors (Lipinski definition) is 7. The van der Waals surface area contributed by atoms with Gasteiger partial charge in [-0.3, -0.25) is 18.6 Å². The van der Waals surface area contributed by atoms with E-state index >= 15 is 0 Å². The summed E-state index contributed by atoms with van der Waals surface area (Å²) in [4.78, 5) is 35.5. The molecule has 1 N–H and O–H groups in total. The van der Waals surface area contributed by atoms with E-state index in [0.29, 0.717) is 17.4 Å². The first kappa shape index (κ1) is 65.2. The number of quaternary nitrogens is 1. The minimum absolute atomic E-state index is 0.00594. The van der Waals surface area contributed by atoms with Crippen molar-refractivity contribution in [1.29, 1.82) is 0 Å². The van der Waals surface area contributed by atoms with Gasteiger partial charge in [0.1, 0.15) is 19.8 Å². The van der Waals surface area contributed by atoms with Crippen molar-refractivity contribution in [3.63, 3.8) is 0 Å². The van der Waals surface area contributed by atoms with E-state index in [0.717, 1.165) is 51.4 Å². The molecule has 68 heavy (non-hydrogen) atoms. The summed E-state index contributed by atoms with van der Waals surface area (Å²) >= 11 is 0. The van der Waals surface area contributed by atoms with E-state index in [-0.39, 0.29) is 26.1 Å². The van der Waals surface area contributed by atoms with Crippen LogP contribution in [0.4, 0.5) is 0 Å². The zero-order valence-corrected chi connectivity index (χ0v) is 45.2. The van der Waals surface area contributed by atoms with Crippen LogP contribution in [0.2, 0.25) is 0 Å². The molecular formula is C58H103NO8P+. The number of esters is 2. The quantitative estimate of drug-likeness (QED) is 0.0211. The van der Waals surface area contributed by atoms with E-state index in [4.69, 9.17) is 18.5 Å². The second-order valence-corrected chi connectivity index (χ2v) is 20.7. The molecule has 0 spiro atoms. The molecular weight excluding hydrogens is 870 g/mol. The topological polar surface area (TPSA) is 108 Å². The number of allylic oxidation sites excluding steroid dienone is 13. The fraction of sp³-hybridized carbons (Fsp3) is 0.724. The third-order valence-corrected chi connectivity index (χ3v) is 12.4. The van der Waals surface area contributed by atoms with Crippen molar-refractivity contribution in [2.75, 3.05) is 47.5 Å². The average molecular weight is 973 g/mol. The Kier molecular flexibility index (Phi) is 47.2. The predicted octanol–water partition coefficient (Wildman–Crippen LogP) is 16.7. The van der Waals surface area contributed by atoms with Crippen LogP contribution in [0.1, 0.15) is 219 Å². The van der Waals surface area contributed by atoms with Crippen molar-refractivity contribution >= 4 is 19.8 Å². The van der Waals surface area contributed by atoms with Crippen molar-refractivity contribution in [2.45, 2.75) is 225 Å². The molecule has 0 aromatic rings. The molecule has 0 rings (SSSR count). The molecule has 0 aliphatic carbocycles. The molecule has 0 saturated heterocycles. The van der Waals surface area contributed by atoms with Gasteiger partial charge in [-0.25, -0.2) is 4.57 Å². The highest BCUT2D eigenvalue weighted by atomic mass is 31.2. The Morgan fingerprint density at radius 2 is 0.882 bits per heavy atom. The zero-order chi connectivity index (χ0) is 49.9. The van der Waals surface area contributed by atoms with Crippen LogP contribution < -0.4 is 0 Å². The van der Waals surface area contributed by atoms with Crippen LogP contribution in [-0.4, -0.2) is 74.9 Å². The lowest BCUT2D eigenvalue weighted by Gasteiger charge is -2.24. The zero-order valence-electron chi connectivity index (χ0n) is 44.3. The Balaban J connectivity index is 4.16. The molecule has 0 heterocycles. The van der Waals surface area contributed by atoms with Gasteiger partial charge in [0, 0.05) is 6.42 Å². The lowest BCUT2D eigenvalue weighted by atomic mass is 10.0. The maximum atomic E-state index is 12.7. The predicted molar refractivity (Wildman–Crippen MR) is 289 cm³/mol. The number of hydrogen-bond donors (Lipinski definition) is 1. The summed E-state index contributed by atoms with van der Waals surface area (Å²) in [5.74, 6) is -0.945. The molecule has 0 fully saturated rings. The summed E-state index contributed by atoms with van der Waals surface area (Å²) in [6.45, 7) is 4.19. The second-order valence-electron chi connectivity index (χ2n) is 19.2. The Bertz CT molecular complexity index is 1420. The van der Waals surface area contributed by atoms with Gasteiger partial charge in [-0.05, 0) is 70.6 Å². The first-order valence-corrected chi connectivity index (χ1v) is 28.8. The lowest BCUT2D eigenvalue weighted by molar-refractivity contribution is -0.870. The van der Waals surface area contributed by atoms with Crippen molar-refractivity contribution in [3.05, 3.63) is 85.1 Å². The van der Waals surface area contributed by atoms with Crippen LogP contribution in [-0.2, 0) is 32.7 Å². The summed E-state index contributed by atoms with van der Waals surface area (Å²) in [6.07, 6.45) is 65.5.